The Morgan fingerprint density at radius 3 is 2.04 bits per heavy atom. The van der Waals surface area contributed by atoms with Crippen molar-refractivity contribution < 1.29 is 32.7 Å². The van der Waals surface area contributed by atoms with Crippen molar-refractivity contribution in [3.05, 3.63) is 23.8 Å². The lowest BCUT2D eigenvalue weighted by atomic mass is 10.2. The first-order chi connectivity index (χ1) is 12.9. The highest BCUT2D eigenvalue weighted by Gasteiger charge is 2.23. The maximum atomic E-state index is 12.5. The number of carbonyl (C=O) groups is 1. The predicted molar refractivity (Wildman–Crippen MR) is 102 cm³/mol. The summed E-state index contributed by atoms with van der Waals surface area (Å²) in [6.07, 6.45) is 0.646. The summed E-state index contributed by atoms with van der Waals surface area (Å²) in [6, 6.07) is 5.36. The van der Waals surface area contributed by atoms with Crippen molar-refractivity contribution >= 4 is 13.5 Å². The second-order valence-corrected chi connectivity index (χ2v) is 7.82. The third kappa shape index (κ3) is 8.30. The number of ether oxygens (including phenoxy) is 2. The first-order valence-electron chi connectivity index (χ1n) is 8.88. The van der Waals surface area contributed by atoms with Crippen LogP contribution in [-0.2, 0) is 29.9 Å². The van der Waals surface area contributed by atoms with Crippen LogP contribution in [-0.4, -0.2) is 51.1 Å². The van der Waals surface area contributed by atoms with Crippen molar-refractivity contribution in [2.75, 3.05) is 40.1 Å². The Bertz CT molecular complexity index is 606. The van der Waals surface area contributed by atoms with E-state index in [0.717, 1.165) is 5.56 Å². The zero-order valence-electron chi connectivity index (χ0n) is 16.7. The van der Waals surface area contributed by atoms with Gasteiger partial charge < -0.3 is 18.5 Å². The maximum Gasteiger partial charge on any atom is 0.330 e. The first kappa shape index (κ1) is 23.4. The zero-order chi connectivity index (χ0) is 20.3. The van der Waals surface area contributed by atoms with E-state index in [4.69, 9.17) is 23.4 Å². The molecular weight excluding hydrogens is 373 g/mol. The lowest BCUT2D eigenvalue weighted by Crippen LogP contribution is -2.30. The largest absolute Gasteiger partial charge is 0.497 e. The van der Waals surface area contributed by atoms with E-state index in [-0.39, 0.29) is 25.2 Å². The number of hydroxylamine groups is 2. The third-order valence-corrected chi connectivity index (χ3v) is 5.76. The van der Waals surface area contributed by atoms with E-state index in [0.29, 0.717) is 31.1 Å². The van der Waals surface area contributed by atoms with Gasteiger partial charge in [0.1, 0.15) is 18.1 Å². The molecular formula is C18H30NO7P. The Morgan fingerprint density at radius 2 is 1.59 bits per heavy atom. The third-order valence-electron chi connectivity index (χ3n) is 3.59. The van der Waals surface area contributed by atoms with Gasteiger partial charge in [-0.2, -0.15) is 0 Å². The van der Waals surface area contributed by atoms with E-state index in [9.17, 15) is 9.36 Å². The number of methoxy groups -OCH3 is 2. The summed E-state index contributed by atoms with van der Waals surface area (Å²) < 4.78 is 33.4. The molecule has 0 heterocycles. The molecule has 0 aliphatic heterocycles. The van der Waals surface area contributed by atoms with Crippen molar-refractivity contribution in [2.24, 2.45) is 0 Å². The highest BCUT2D eigenvalue weighted by atomic mass is 31.2. The molecule has 8 nitrogen and oxygen atoms in total. The smallest absolute Gasteiger partial charge is 0.330 e. The minimum atomic E-state index is -3.13. The molecule has 1 aromatic carbocycles. The molecule has 1 rings (SSSR count). The molecule has 0 aromatic heterocycles. The standard InChI is InChI=1S/C18H30NO7P/c1-6-25-27(21,26-7-2)10-8-9-19(15(3)20)24-14-16-11-17(22-4)13-18(12-16)23-5/h11-13H,6-10,14H2,1-5H3. The number of nitrogens with zero attached hydrogens (tertiary/aromatic N) is 1. The summed E-state index contributed by atoms with van der Waals surface area (Å²) in [6.45, 7) is 6.00. The number of hydrogen-bond acceptors (Lipinski definition) is 7. The van der Waals surface area contributed by atoms with Crippen LogP contribution in [0.25, 0.3) is 0 Å². The van der Waals surface area contributed by atoms with Crippen molar-refractivity contribution in [3.8, 4) is 11.5 Å². The minimum absolute atomic E-state index is 0.168. The Balaban J connectivity index is 2.64. The van der Waals surface area contributed by atoms with E-state index in [1.54, 1.807) is 46.3 Å². The van der Waals surface area contributed by atoms with Gasteiger partial charge in [0, 0.05) is 19.5 Å². The second-order valence-electron chi connectivity index (χ2n) is 5.64. The molecule has 0 aliphatic rings. The van der Waals surface area contributed by atoms with Gasteiger partial charge in [-0.3, -0.25) is 14.2 Å². The summed E-state index contributed by atoms with van der Waals surface area (Å²) >= 11 is 0. The lowest BCUT2D eigenvalue weighted by molar-refractivity contribution is -0.189. The quantitative estimate of drug-likeness (QED) is 0.367. The molecule has 0 bridgehead atoms. The molecule has 1 amide bonds. The maximum absolute atomic E-state index is 12.5. The van der Waals surface area contributed by atoms with Gasteiger partial charge in [0.25, 0.3) is 0 Å². The van der Waals surface area contributed by atoms with Crippen LogP contribution in [0.1, 0.15) is 32.8 Å². The van der Waals surface area contributed by atoms with E-state index in [1.165, 1.54) is 12.0 Å². The fourth-order valence-electron chi connectivity index (χ4n) is 2.38. The molecule has 0 saturated heterocycles. The van der Waals surface area contributed by atoms with Crippen LogP contribution >= 0.6 is 7.60 Å². The molecule has 0 atom stereocenters. The molecule has 0 N–H and O–H groups in total. The predicted octanol–water partition coefficient (Wildman–Crippen LogP) is 3.64. The van der Waals surface area contributed by atoms with Crippen molar-refractivity contribution in [1.82, 2.24) is 5.06 Å². The molecule has 0 radical (unpaired) electrons. The number of benzene rings is 1. The Labute approximate surface area is 161 Å². The summed E-state index contributed by atoms with van der Waals surface area (Å²) in [5.41, 5.74) is 0.798. The molecule has 27 heavy (non-hydrogen) atoms. The van der Waals surface area contributed by atoms with Crippen LogP contribution in [0.5, 0.6) is 11.5 Å². The minimum Gasteiger partial charge on any atom is -0.497 e. The van der Waals surface area contributed by atoms with Crippen LogP contribution in [0.15, 0.2) is 18.2 Å². The van der Waals surface area contributed by atoms with Gasteiger partial charge in [0.05, 0.1) is 33.6 Å². The van der Waals surface area contributed by atoms with Gasteiger partial charge in [-0.05, 0) is 38.0 Å². The second kappa shape index (κ2) is 12.0. The lowest BCUT2D eigenvalue weighted by Gasteiger charge is -2.22. The fourth-order valence-corrected chi connectivity index (χ4v) is 4.03. The summed E-state index contributed by atoms with van der Waals surface area (Å²) in [4.78, 5) is 17.5. The molecule has 0 unspecified atom stereocenters. The number of hydrogen-bond donors (Lipinski definition) is 0. The average Bonchev–Trinajstić information content (AvgIpc) is 2.64. The molecule has 154 valence electrons. The SMILES string of the molecule is CCOP(=O)(CCCN(OCc1cc(OC)cc(OC)c1)C(C)=O)OCC. The van der Waals surface area contributed by atoms with Crippen LogP contribution in [0, 0.1) is 0 Å². The molecule has 9 heteroatoms. The Hall–Kier alpha value is -1.60. The van der Waals surface area contributed by atoms with Crippen LogP contribution < -0.4 is 9.47 Å². The van der Waals surface area contributed by atoms with E-state index >= 15 is 0 Å². The molecule has 0 saturated carbocycles. The summed E-state index contributed by atoms with van der Waals surface area (Å²) in [5.74, 6) is 1.03. The molecule has 0 fully saturated rings. The van der Waals surface area contributed by atoms with Gasteiger partial charge in [-0.15, -0.1) is 0 Å². The normalized spacial score (nSPS) is 11.3. The highest BCUT2D eigenvalue weighted by Crippen LogP contribution is 2.48. The number of rotatable bonds is 13. The fraction of sp³-hybridized carbons (Fsp3) is 0.611. The van der Waals surface area contributed by atoms with Crippen molar-refractivity contribution in [3.63, 3.8) is 0 Å². The number of amides is 1. The van der Waals surface area contributed by atoms with E-state index in [2.05, 4.69) is 0 Å². The average molecular weight is 403 g/mol. The zero-order valence-corrected chi connectivity index (χ0v) is 17.6. The van der Waals surface area contributed by atoms with Gasteiger partial charge in [0.15, 0.2) is 0 Å². The van der Waals surface area contributed by atoms with Gasteiger partial charge in [0.2, 0.25) is 5.91 Å². The first-order valence-corrected chi connectivity index (χ1v) is 10.6. The Kier molecular flexibility index (Phi) is 10.4. The highest BCUT2D eigenvalue weighted by molar-refractivity contribution is 7.53. The van der Waals surface area contributed by atoms with Crippen LogP contribution in [0.4, 0.5) is 0 Å². The summed E-state index contributed by atoms with van der Waals surface area (Å²) in [7, 11) is 0.000832. The molecule has 0 spiro atoms. The molecule has 0 aliphatic carbocycles. The van der Waals surface area contributed by atoms with Crippen LogP contribution in [0.2, 0.25) is 0 Å². The van der Waals surface area contributed by atoms with Crippen molar-refractivity contribution in [1.29, 1.82) is 0 Å². The monoisotopic (exact) mass is 403 g/mol. The summed E-state index contributed by atoms with van der Waals surface area (Å²) in [5, 5.41) is 1.24. The van der Waals surface area contributed by atoms with E-state index in [1.807, 2.05) is 0 Å². The van der Waals surface area contributed by atoms with Gasteiger partial charge >= 0.3 is 7.60 Å². The Morgan fingerprint density at radius 1 is 1.04 bits per heavy atom. The van der Waals surface area contributed by atoms with Gasteiger partial charge in [-0.25, -0.2) is 5.06 Å². The molecule has 1 aromatic rings. The number of carbonyl (C=O) groups excluding carboxylic acids is 1. The van der Waals surface area contributed by atoms with Crippen LogP contribution in [0.3, 0.4) is 0 Å². The topological polar surface area (TPSA) is 83.5 Å². The van der Waals surface area contributed by atoms with Gasteiger partial charge in [-0.1, -0.05) is 0 Å². The van der Waals surface area contributed by atoms with E-state index < -0.39 is 7.60 Å². The van der Waals surface area contributed by atoms with Crippen molar-refractivity contribution in [2.45, 2.75) is 33.8 Å².